The molecular weight excluding hydrogens is 202 g/mol. The monoisotopic (exact) mass is 215 g/mol. The van der Waals surface area contributed by atoms with Gasteiger partial charge in [0.1, 0.15) is 0 Å². The normalized spacial score (nSPS) is 17.3. The third kappa shape index (κ3) is 1.30. The molecule has 2 N–H and O–H groups in total. The smallest absolute Gasteiger partial charge is 0.237 e. The molecule has 4 nitrogen and oxygen atoms in total. The summed E-state index contributed by atoms with van der Waals surface area (Å²) in [6.45, 7) is 1.84. The molecule has 82 valence electrons. The van der Waals surface area contributed by atoms with Gasteiger partial charge in [0.15, 0.2) is 5.82 Å². The lowest BCUT2D eigenvalue weighted by Crippen LogP contribution is -2.09. The molecule has 0 amide bonds. The predicted octanol–water partition coefficient (Wildman–Crippen LogP) is 2.04. The van der Waals surface area contributed by atoms with Crippen molar-refractivity contribution in [2.75, 3.05) is 5.73 Å². The quantitative estimate of drug-likeness (QED) is 0.778. The van der Waals surface area contributed by atoms with Crippen LogP contribution in [0.1, 0.15) is 30.1 Å². The maximum atomic E-state index is 5.68. The number of aromatic nitrogens is 2. The van der Waals surface area contributed by atoms with E-state index >= 15 is 0 Å². The number of aryl methyl sites for hydroxylation is 1. The average Bonchev–Trinajstić information content (AvgIpc) is 2.97. The van der Waals surface area contributed by atoms with Crippen molar-refractivity contribution in [2.24, 2.45) is 0 Å². The van der Waals surface area contributed by atoms with Crippen LogP contribution in [0.15, 0.2) is 28.8 Å². The van der Waals surface area contributed by atoms with Gasteiger partial charge in [-0.3, -0.25) is 0 Å². The summed E-state index contributed by atoms with van der Waals surface area (Å²) in [6, 6.07) is 7.92. The van der Waals surface area contributed by atoms with Crippen LogP contribution in [0, 0.1) is 6.92 Å². The Hall–Kier alpha value is -1.84. The molecular formula is C12H13N3O. The van der Waals surface area contributed by atoms with Crippen molar-refractivity contribution >= 4 is 5.69 Å². The highest BCUT2D eigenvalue weighted by atomic mass is 16.5. The molecule has 1 fully saturated rings. The summed E-state index contributed by atoms with van der Waals surface area (Å²) >= 11 is 0. The standard InChI is InChI=1S/C12H13N3O/c1-8-14-11(16-15-8)12(6-7-12)9-2-4-10(13)5-3-9/h2-5H,6-7,13H2,1H3. The summed E-state index contributed by atoms with van der Waals surface area (Å²) < 4.78 is 5.28. The Labute approximate surface area is 93.5 Å². The van der Waals surface area contributed by atoms with Gasteiger partial charge in [-0.25, -0.2) is 0 Å². The minimum absolute atomic E-state index is 0.0467. The molecule has 3 rings (SSSR count). The van der Waals surface area contributed by atoms with Crippen molar-refractivity contribution in [1.82, 2.24) is 10.1 Å². The molecule has 1 saturated carbocycles. The zero-order valence-corrected chi connectivity index (χ0v) is 9.10. The van der Waals surface area contributed by atoms with Crippen molar-refractivity contribution < 1.29 is 4.52 Å². The molecule has 1 aliphatic carbocycles. The molecule has 0 atom stereocenters. The van der Waals surface area contributed by atoms with Crippen LogP contribution in [0.4, 0.5) is 5.69 Å². The lowest BCUT2D eigenvalue weighted by Gasteiger charge is -2.10. The molecule has 0 spiro atoms. The number of benzene rings is 1. The van der Waals surface area contributed by atoms with E-state index in [0.717, 1.165) is 24.4 Å². The molecule has 1 aromatic carbocycles. The van der Waals surface area contributed by atoms with Crippen LogP contribution in [0.2, 0.25) is 0 Å². The van der Waals surface area contributed by atoms with Gasteiger partial charge in [0.25, 0.3) is 0 Å². The highest BCUT2D eigenvalue weighted by molar-refractivity contribution is 5.45. The predicted molar refractivity (Wildman–Crippen MR) is 59.9 cm³/mol. The van der Waals surface area contributed by atoms with Gasteiger partial charge in [0.05, 0.1) is 5.41 Å². The number of nitrogen functional groups attached to an aromatic ring is 1. The van der Waals surface area contributed by atoms with E-state index in [4.69, 9.17) is 10.3 Å². The van der Waals surface area contributed by atoms with Gasteiger partial charge < -0.3 is 10.3 Å². The Kier molecular flexibility index (Phi) is 1.80. The molecule has 16 heavy (non-hydrogen) atoms. The molecule has 4 heteroatoms. The molecule has 0 radical (unpaired) electrons. The van der Waals surface area contributed by atoms with Crippen LogP contribution < -0.4 is 5.73 Å². The van der Waals surface area contributed by atoms with E-state index in [1.807, 2.05) is 31.2 Å². The first-order chi connectivity index (χ1) is 7.71. The SMILES string of the molecule is Cc1noc(C2(c3ccc(N)cc3)CC2)n1. The van der Waals surface area contributed by atoms with Crippen molar-refractivity contribution in [3.63, 3.8) is 0 Å². The third-order valence-corrected chi connectivity index (χ3v) is 3.15. The van der Waals surface area contributed by atoms with E-state index in [0.29, 0.717) is 5.82 Å². The van der Waals surface area contributed by atoms with Gasteiger partial charge in [-0.1, -0.05) is 17.3 Å². The summed E-state index contributed by atoms with van der Waals surface area (Å²) in [7, 11) is 0. The van der Waals surface area contributed by atoms with Gasteiger partial charge in [-0.2, -0.15) is 4.98 Å². The van der Waals surface area contributed by atoms with Gasteiger partial charge in [0, 0.05) is 5.69 Å². The van der Waals surface area contributed by atoms with E-state index in [-0.39, 0.29) is 5.41 Å². The Morgan fingerprint density at radius 1 is 1.25 bits per heavy atom. The van der Waals surface area contributed by atoms with E-state index in [2.05, 4.69) is 10.1 Å². The fourth-order valence-electron chi connectivity index (χ4n) is 2.04. The summed E-state index contributed by atoms with van der Waals surface area (Å²) in [5.41, 5.74) is 7.63. The largest absolute Gasteiger partial charge is 0.399 e. The van der Waals surface area contributed by atoms with Crippen molar-refractivity contribution in [3.8, 4) is 0 Å². The summed E-state index contributed by atoms with van der Waals surface area (Å²) in [5, 5.41) is 3.86. The van der Waals surface area contributed by atoms with Crippen LogP contribution in [-0.4, -0.2) is 10.1 Å². The van der Waals surface area contributed by atoms with Crippen LogP contribution >= 0.6 is 0 Å². The van der Waals surface area contributed by atoms with Crippen LogP contribution in [0.5, 0.6) is 0 Å². The number of rotatable bonds is 2. The van der Waals surface area contributed by atoms with Crippen molar-refractivity contribution in [2.45, 2.75) is 25.2 Å². The molecule has 0 saturated heterocycles. The minimum Gasteiger partial charge on any atom is -0.399 e. The van der Waals surface area contributed by atoms with Gasteiger partial charge in [0.2, 0.25) is 5.89 Å². The Balaban J connectivity index is 2.03. The fraction of sp³-hybridized carbons (Fsp3) is 0.333. The fourth-order valence-corrected chi connectivity index (χ4v) is 2.04. The summed E-state index contributed by atoms with van der Waals surface area (Å²) in [5.74, 6) is 1.42. The van der Waals surface area contributed by atoms with E-state index in [9.17, 15) is 0 Å². The van der Waals surface area contributed by atoms with Crippen molar-refractivity contribution in [3.05, 3.63) is 41.5 Å². The van der Waals surface area contributed by atoms with Crippen LogP contribution in [0.3, 0.4) is 0 Å². The highest BCUT2D eigenvalue weighted by Gasteiger charge is 2.50. The minimum atomic E-state index is -0.0467. The molecule has 0 unspecified atom stereocenters. The molecule has 1 aliphatic rings. The Bertz CT molecular complexity index is 511. The summed E-state index contributed by atoms with van der Waals surface area (Å²) in [4.78, 5) is 4.33. The first kappa shape index (κ1) is 9.39. The van der Waals surface area contributed by atoms with Crippen molar-refractivity contribution in [1.29, 1.82) is 0 Å². The second-order valence-corrected chi connectivity index (χ2v) is 4.35. The number of nitrogens with zero attached hydrogens (tertiary/aromatic N) is 2. The molecule has 1 aromatic heterocycles. The Morgan fingerprint density at radius 2 is 1.94 bits per heavy atom. The average molecular weight is 215 g/mol. The van der Waals surface area contributed by atoms with E-state index < -0.39 is 0 Å². The topological polar surface area (TPSA) is 64.9 Å². The second kappa shape index (κ2) is 3.07. The second-order valence-electron chi connectivity index (χ2n) is 4.35. The van der Waals surface area contributed by atoms with Crippen LogP contribution in [-0.2, 0) is 5.41 Å². The van der Waals surface area contributed by atoms with Gasteiger partial charge in [-0.05, 0) is 37.5 Å². The van der Waals surface area contributed by atoms with E-state index in [1.165, 1.54) is 5.56 Å². The molecule has 0 bridgehead atoms. The summed E-state index contributed by atoms with van der Waals surface area (Å²) in [6.07, 6.45) is 2.14. The first-order valence-corrected chi connectivity index (χ1v) is 5.37. The zero-order chi connectivity index (χ0) is 11.2. The highest BCUT2D eigenvalue weighted by Crippen LogP contribution is 2.52. The lowest BCUT2D eigenvalue weighted by molar-refractivity contribution is 0.357. The Morgan fingerprint density at radius 3 is 2.44 bits per heavy atom. The lowest BCUT2D eigenvalue weighted by atomic mass is 9.96. The first-order valence-electron chi connectivity index (χ1n) is 5.37. The maximum absolute atomic E-state index is 5.68. The molecule has 2 aromatic rings. The number of hydrogen-bond acceptors (Lipinski definition) is 4. The van der Waals surface area contributed by atoms with Crippen LogP contribution in [0.25, 0.3) is 0 Å². The number of anilines is 1. The van der Waals surface area contributed by atoms with E-state index in [1.54, 1.807) is 0 Å². The number of hydrogen-bond donors (Lipinski definition) is 1. The zero-order valence-electron chi connectivity index (χ0n) is 9.10. The third-order valence-electron chi connectivity index (χ3n) is 3.15. The number of nitrogens with two attached hydrogens (primary N) is 1. The van der Waals surface area contributed by atoms with Gasteiger partial charge >= 0.3 is 0 Å². The maximum Gasteiger partial charge on any atom is 0.237 e. The molecule has 1 heterocycles. The molecule has 0 aliphatic heterocycles. The van der Waals surface area contributed by atoms with Gasteiger partial charge in [-0.15, -0.1) is 0 Å².